The van der Waals surface area contributed by atoms with Crippen molar-refractivity contribution in [2.45, 2.75) is 31.9 Å². The Bertz CT molecular complexity index is 312. The Morgan fingerprint density at radius 2 is 2.00 bits per heavy atom. The van der Waals surface area contributed by atoms with Gasteiger partial charge in [0, 0.05) is 13.1 Å². The summed E-state index contributed by atoms with van der Waals surface area (Å²) in [4.78, 5) is 2.31. The van der Waals surface area contributed by atoms with Crippen LogP contribution in [0.25, 0.3) is 0 Å². The number of aliphatic hydroxyl groups is 1. The van der Waals surface area contributed by atoms with Gasteiger partial charge >= 0.3 is 0 Å². The van der Waals surface area contributed by atoms with Crippen molar-refractivity contribution in [1.29, 1.82) is 0 Å². The summed E-state index contributed by atoms with van der Waals surface area (Å²) in [6, 6.07) is 10.5. The maximum Gasteiger partial charge on any atom is 0.0580 e. The van der Waals surface area contributed by atoms with E-state index >= 15 is 0 Å². The predicted molar refractivity (Wildman–Crippen MR) is 66.1 cm³/mol. The van der Waals surface area contributed by atoms with Crippen LogP contribution in [-0.4, -0.2) is 29.7 Å². The second-order valence-corrected chi connectivity index (χ2v) is 4.94. The van der Waals surface area contributed by atoms with E-state index in [0.29, 0.717) is 5.92 Å². The smallest absolute Gasteiger partial charge is 0.0580 e. The van der Waals surface area contributed by atoms with Crippen LogP contribution >= 0.6 is 0 Å². The fourth-order valence-electron chi connectivity index (χ4n) is 2.59. The van der Waals surface area contributed by atoms with Gasteiger partial charge in [-0.3, -0.25) is 0 Å². The Balaban J connectivity index is 1.82. The molecule has 1 aromatic rings. The van der Waals surface area contributed by atoms with E-state index in [1.165, 1.54) is 18.4 Å². The monoisotopic (exact) mass is 219 g/mol. The molecule has 0 radical (unpaired) electrons. The number of hydrogen-bond donors (Lipinski definition) is 1. The molecule has 88 valence electrons. The highest BCUT2D eigenvalue weighted by Gasteiger charge is 2.25. The fourth-order valence-corrected chi connectivity index (χ4v) is 2.59. The summed E-state index contributed by atoms with van der Waals surface area (Å²) in [7, 11) is 2.14. The van der Waals surface area contributed by atoms with Gasteiger partial charge in [-0.25, -0.2) is 0 Å². The van der Waals surface area contributed by atoms with Crippen molar-refractivity contribution in [2.75, 3.05) is 13.6 Å². The molecule has 0 bridgehead atoms. The zero-order valence-electron chi connectivity index (χ0n) is 9.97. The molecule has 1 fully saturated rings. The molecule has 0 saturated heterocycles. The number of benzene rings is 1. The van der Waals surface area contributed by atoms with Gasteiger partial charge in [-0.15, -0.1) is 0 Å². The van der Waals surface area contributed by atoms with Crippen LogP contribution in [0.15, 0.2) is 30.3 Å². The van der Waals surface area contributed by atoms with E-state index in [2.05, 4.69) is 36.2 Å². The molecule has 16 heavy (non-hydrogen) atoms. The normalized spacial score (nSPS) is 25.2. The van der Waals surface area contributed by atoms with E-state index in [4.69, 9.17) is 0 Å². The maximum absolute atomic E-state index is 9.78. The van der Waals surface area contributed by atoms with Crippen molar-refractivity contribution < 1.29 is 5.11 Å². The first-order chi connectivity index (χ1) is 7.75. The Hall–Kier alpha value is -0.860. The minimum Gasteiger partial charge on any atom is -0.393 e. The van der Waals surface area contributed by atoms with Crippen LogP contribution in [0.2, 0.25) is 0 Å². The highest BCUT2D eigenvalue weighted by Crippen LogP contribution is 2.26. The van der Waals surface area contributed by atoms with Crippen LogP contribution in [-0.2, 0) is 6.54 Å². The summed E-state index contributed by atoms with van der Waals surface area (Å²) < 4.78 is 0. The van der Waals surface area contributed by atoms with Gasteiger partial charge < -0.3 is 10.0 Å². The molecule has 1 aliphatic rings. The molecule has 1 aromatic carbocycles. The zero-order chi connectivity index (χ0) is 11.4. The average molecular weight is 219 g/mol. The summed E-state index contributed by atoms with van der Waals surface area (Å²) in [6.07, 6.45) is 3.29. The average Bonchev–Trinajstić information content (AvgIpc) is 2.66. The minimum absolute atomic E-state index is 0.0711. The maximum atomic E-state index is 9.78. The summed E-state index contributed by atoms with van der Waals surface area (Å²) >= 11 is 0. The molecule has 0 unspecified atom stereocenters. The number of nitrogens with zero attached hydrogens (tertiary/aromatic N) is 1. The highest BCUT2D eigenvalue weighted by atomic mass is 16.3. The van der Waals surface area contributed by atoms with E-state index in [1.807, 2.05) is 6.07 Å². The van der Waals surface area contributed by atoms with E-state index in [-0.39, 0.29) is 6.10 Å². The lowest BCUT2D eigenvalue weighted by molar-refractivity contribution is 0.108. The molecule has 1 aliphatic carbocycles. The summed E-state index contributed by atoms with van der Waals surface area (Å²) in [5.41, 5.74) is 1.34. The van der Waals surface area contributed by atoms with Crippen LogP contribution in [0, 0.1) is 5.92 Å². The molecule has 0 aliphatic heterocycles. The molecule has 0 aromatic heterocycles. The van der Waals surface area contributed by atoms with Crippen molar-refractivity contribution in [2.24, 2.45) is 5.92 Å². The van der Waals surface area contributed by atoms with Gasteiger partial charge in [0.05, 0.1) is 6.10 Å². The van der Waals surface area contributed by atoms with Gasteiger partial charge in [-0.1, -0.05) is 36.8 Å². The largest absolute Gasteiger partial charge is 0.393 e. The molecular formula is C14H21NO. The van der Waals surface area contributed by atoms with E-state index in [9.17, 15) is 5.11 Å². The van der Waals surface area contributed by atoms with Crippen LogP contribution in [0.3, 0.4) is 0 Å². The second kappa shape index (κ2) is 5.46. The van der Waals surface area contributed by atoms with Crippen molar-refractivity contribution in [3.05, 3.63) is 35.9 Å². The van der Waals surface area contributed by atoms with E-state index in [1.54, 1.807) is 0 Å². The first-order valence-corrected chi connectivity index (χ1v) is 6.16. The lowest BCUT2D eigenvalue weighted by atomic mass is 10.1. The van der Waals surface area contributed by atoms with Gasteiger partial charge in [0.2, 0.25) is 0 Å². The quantitative estimate of drug-likeness (QED) is 0.839. The number of hydrogen-bond acceptors (Lipinski definition) is 2. The minimum atomic E-state index is -0.0711. The van der Waals surface area contributed by atoms with Crippen LogP contribution < -0.4 is 0 Å². The zero-order valence-corrected chi connectivity index (χ0v) is 9.97. The Morgan fingerprint density at radius 1 is 1.25 bits per heavy atom. The van der Waals surface area contributed by atoms with E-state index in [0.717, 1.165) is 19.5 Å². The third kappa shape index (κ3) is 3.06. The highest BCUT2D eigenvalue weighted by molar-refractivity contribution is 5.14. The standard InChI is InChI=1S/C14H21NO/c1-15(10-12-6-3-2-4-7-12)11-13-8-5-9-14(13)16/h2-4,6-7,13-14,16H,5,8-11H2,1H3/t13-,14-/m1/s1. The lowest BCUT2D eigenvalue weighted by Crippen LogP contribution is -2.29. The topological polar surface area (TPSA) is 23.5 Å². The first kappa shape index (κ1) is 11.6. The van der Waals surface area contributed by atoms with Gasteiger partial charge in [0.1, 0.15) is 0 Å². The lowest BCUT2D eigenvalue weighted by Gasteiger charge is -2.23. The molecule has 2 atom stereocenters. The summed E-state index contributed by atoms with van der Waals surface area (Å²) in [5, 5.41) is 9.78. The van der Waals surface area contributed by atoms with Gasteiger partial charge in [0.15, 0.2) is 0 Å². The number of aliphatic hydroxyl groups excluding tert-OH is 1. The van der Waals surface area contributed by atoms with Gasteiger partial charge in [0.25, 0.3) is 0 Å². The third-order valence-electron chi connectivity index (χ3n) is 3.46. The van der Waals surface area contributed by atoms with Gasteiger partial charge in [-0.2, -0.15) is 0 Å². The fraction of sp³-hybridized carbons (Fsp3) is 0.571. The summed E-state index contributed by atoms with van der Waals surface area (Å²) in [5.74, 6) is 0.480. The van der Waals surface area contributed by atoms with Crippen LogP contribution in [0.4, 0.5) is 0 Å². The molecule has 0 spiro atoms. The molecule has 1 saturated carbocycles. The SMILES string of the molecule is CN(Cc1ccccc1)C[C@H]1CCC[C@H]1O. The molecule has 2 heteroatoms. The van der Waals surface area contributed by atoms with Crippen molar-refractivity contribution in [3.63, 3.8) is 0 Å². The Labute approximate surface area is 97.9 Å². The second-order valence-electron chi connectivity index (χ2n) is 4.94. The summed E-state index contributed by atoms with van der Waals surface area (Å²) in [6.45, 7) is 1.99. The predicted octanol–water partition coefficient (Wildman–Crippen LogP) is 2.28. The molecule has 0 heterocycles. The molecule has 2 nitrogen and oxygen atoms in total. The van der Waals surface area contributed by atoms with Crippen molar-refractivity contribution in [1.82, 2.24) is 4.90 Å². The molecular weight excluding hydrogens is 198 g/mol. The molecule has 2 rings (SSSR count). The first-order valence-electron chi connectivity index (χ1n) is 6.16. The molecule has 0 amide bonds. The third-order valence-corrected chi connectivity index (χ3v) is 3.46. The Kier molecular flexibility index (Phi) is 3.97. The van der Waals surface area contributed by atoms with Crippen molar-refractivity contribution in [3.8, 4) is 0 Å². The van der Waals surface area contributed by atoms with Gasteiger partial charge in [-0.05, 0) is 31.4 Å². The van der Waals surface area contributed by atoms with Crippen molar-refractivity contribution >= 4 is 0 Å². The number of rotatable bonds is 4. The van der Waals surface area contributed by atoms with E-state index < -0.39 is 0 Å². The van der Waals surface area contributed by atoms with Crippen LogP contribution in [0.5, 0.6) is 0 Å². The van der Waals surface area contributed by atoms with Crippen LogP contribution in [0.1, 0.15) is 24.8 Å². The molecule has 1 N–H and O–H groups in total. The Morgan fingerprint density at radius 3 is 2.62 bits per heavy atom.